The number of hydrazine groups is 1. The fourth-order valence-electron chi connectivity index (χ4n) is 4.70. The number of carbonyl (C=O) groups is 3. The molecule has 1 fully saturated rings. The molecule has 0 aromatic heterocycles. The number of carbonyl (C=O) groups excluding carboxylic acids is 3. The summed E-state index contributed by atoms with van der Waals surface area (Å²) >= 11 is 0. The van der Waals surface area contributed by atoms with Gasteiger partial charge in [-0.2, -0.15) is 0 Å². The molecule has 0 bridgehead atoms. The van der Waals surface area contributed by atoms with Crippen molar-refractivity contribution in [2.45, 2.75) is 123 Å². The van der Waals surface area contributed by atoms with Crippen molar-refractivity contribution in [3.8, 4) is 0 Å². The summed E-state index contributed by atoms with van der Waals surface area (Å²) in [5, 5.41) is 1.04. The van der Waals surface area contributed by atoms with Crippen LogP contribution in [-0.2, 0) is 25.1 Å². The summed E-state index contributed by atoms with van der Waals surface area (Å²) in [6.07, 6.45) is -0.675. The van der Waals surface area contributed by atoms with Crippen LogP contribution < -0.4 is 5.43 Å². The summed E-state index contributed by atoms with van der Waals surface area (Å²) in [6.45, 7) is 21.8. The van der Waals surface area contributed by atoms with Crippen LogP contribution in [-0.4, -0.2) is 66.2 Å². The quantitative estimate of drug-likeness (QED) is 0.360. The Kier molecular flexibility index (Phi) is 8.54. The minimum atomic E-state index is -2.07. The number of hydrogen-bond donors (Lipinski definition) is 1. The Hall–Kier alpha value is -2.59. The van der Waals surface area contributed by atoms with Crippen molar-refractivity contribution in [3.05, 3.63) is 35.4 Å². The second-order valence-corrected chi connectivity index (χ2v) is 18.9. The van der Waals surface area contributed by atoms with Gasteiger partial charge in [0, 0.05) is 6.42 Å². The van der Waals surface area contributed by atoms with Crippen molar-refractivity contribution in [3.63, 3.8) is 0 Å². The van der Waals surface area contributed by atoms with Gasteiger partial charge in [-0.05, 0) is 77.2 Å². The van der Waals surface area contributed by atoms with E-state index < -0.39 is 37.7 Å². The summed E-state index contributed by atoms with van der Waals surface area (Å²) < 4.78 is 17.6. The maximum atomic E-state index is 14.1. The van der Waals surface area contributed by atoms with E-state index in [2.05, 4.69) is 45.4 Å². The van der Waals surface area contributed by atoms with Crippen molar-refractivity contribution in [2.24, 2.45) is 0 Å². The number of amides is 3. The molecule has 3 amide bonds. The number of fused-ring (bicyclic) bond motifs is 3. The van der Waals surface area contributed by atoms with Gasteiger partial charge < -0.3 is 18.8 Å². The van der Waals surface area contributed by atoms with Crippen LogP contribution in [0.25, 0.3) is 0 Å². The third-order valence-electron chi connectivity index (χ3n) is 7.54. The lowest BCUT2D eigenvalue weighted by atomic mass is 9.89. The van der Waals surface area contributed by atoms with E-state index in [-0.39, 0.29) is 23.0 Å². The zero-order valence-electron chi connectivity index (χ0n) is 25.5. The van der Waals surface area contributed by atoms with E-state index in [0.29, 0.717) is 19.4 Å². The molecule has 3 rings (SSSR count). The first kappa shape index (κ1) is 30.9. The van der Waals surface area contributed by atoms with E-state index >= 15 is 0 Å². The molecule has 0 aliphatic carbocycles. The predicted octanol–water partition coefficient (Wildman–Crippen LogP) is 5.95. The first-order valence-electron chi connectivity index (χ1n) is 13.8. The van der Waals surface area contributed by atoms with E-state index in [1.807, 2.05) is 23.1 Å². The molecule has 218 valence electrons. The largest absolute Gasteiger partial charge is 0.443 e. The van der Waals surface area contributed by atoms with Crippen molar-refractivity contribution < 1.29 is 28.3 Å². The lowest BCUT2D eigenvalue weighted by molar-refractivity contribution is -0.137. The highest BCUT2D eigenvalue weighted by Gasteiger charge is 2.52. The summed E-state index contributed by atoms with van der Waals surface area (Å²) in [5.74, 6) is -0.250. The van der Waals surface area contributed by atoms with Gasteiger partial charge >= 0.3 is 12.2 Å². The van der Waals surface area contributed by atoms with Gasteiger partial charge in [0.2, 0.25) is 5.91 Å². The maximum Gasteiger partial charge on any atom is 0.430 e. The smallest absolute Gasteiger partial charge is 0.430 e. The normalized spacial score (nSPS) is 21.7. The van der Waals surface area contributed by atoms with E-state index in [9.17, 15) is 14.4 Å². The Morgan fingerprint density at radius 2 is 1.59 bits per heavy atom. The van der Waals surface area contributed by atoms with Crippen molar-refractivity contribution in [1.29, 1.82) is 0 Å². The van der Waals surface area contributed by atoms with Gasteiger partial charge in [-0.25, -0.2) is 20.0 Å². The van der Waals surface area contributed by atoms with Crippen LogP contribution in [0.3, 0.4) is 0 Å². The molecule has 2 aliphatic rings. The number of benzene rings is 1. The highest BCUT2D eigenvalue weighted by molar-refractivity contribution is 6.74. The zero-order valence-corrected chi connectivity index (χ0v) is 26.5. The molecule has 1 N–H and O–H groups in total. The number of nitrogens with one attached hydrogen (secondary N) is 1. The van der Waals surface area contributed by atoms with Gasteiger partial charge in [0.25, 0.3) is 0 Å². The molecule has 1 aromatic rings. The summed E-state index contributed by atoms with van der Waals surface area (Å²) in [4.78, 5) is 42.1. The van der Waals surface area contributed by atoms with E-state index in [0.717, 1.165) is 10.6 Å². The highest BCUT2D eigenvalue weighted by atomic mass is 28.4. The number of ether oxygens (including phenoxy) is 2. The summed E-state index contributed by atoms with van der Waals surface area (Å²) in [5.41, 5.74) is 3.13. The van der Waals surface area contributed by atoms with Crippen LogP contribution in [0.4, 0.5) is 9.59 Å². The molecule has 0 unspecified atom stereocenters. The monoisotopic (exact) mass is 561 g/mol. The average Bonchev–Trinajstić information content (AvgIpc) is 3.10. The molecule has 1 aromatic carbocycles. The van der Waals surface area contributed by atoms with Gasteiger partial charge in [-0.15, -0.1) is 0 Å². The van der Waals surface area contributed by atoms with Crippen LogP contribution in [0.5, 0.6) is 0 Å². The molecule has 9 nitrogen and oxygen atoms in total. The average molecular weight is 562 g/mol. The summed E-state index contributed by atoms with van der Waals surface area (Å²) in [7, 11) is -2.07. The number of rotatable bonds is 4. The molecule has 3 atom stereocenters. The second-order valence-electron chi connectivity index (χ2n) is 14.1. The van der Waals surface area contributed by atoms with E-state index in [4.69, 9.17) is 13.9 Å². The third-order valence-corrected chi connectivity index (χ3v) is 12.0. The van der Waals surface area contributed by atoms with Crippen molar-refractivity contribution in [2.75, 3.05) is 6.61 Å². The molecule has 1 saturated heterocycles. The Labute approximate surface area is 234 Å². The Morgan fingerprint density at radius 3 is 2.15 bits per heavy atom. The van der Waals surface area contributed by atoms with Crippen LogP contribution in [0.1, 0.15) is 85.9 Å². The molecule has 10 heteroatoms. The topological polar surface area (TPSA) is 97.4 Å². The zero-order chi connectivity index (χ0) is 29.6. The van der Waals surface area contributed by atoms with Crippen molar-refractivity contribution in [1.82, 2.24) is 15.3 Å². The van der Waals surface area contributed by atoms with Gasteiger partial charge in [0.1, 0.15) is 17.2 Å². The molecule has 39 heavy (non-hydrogen) atoms. The van der Waals surface area contributed by atoms with E-state index in [1.165, 1.54) is 5.56 Å². The minimum Gasteiger partial charge on any atom is -0.443 e. The van der Waals surface area contributed by atoms with Crippen LogP contribution in [0, 0.1) is 0 Å². The van der Waals surface area contributed by atoms with Crippen LogP contribution in [0.15, 0.2) is 24.3 Å². The van der Waals surface area contributed by atoms with Crippen LogP contribution >= 0.6 is 0 Å². The first-order valence-corrected chi connectivity index (χ1v) is 16.7. The number of nitrogens with zero attached hydrogens (tertiary/aromatic N) is 2. The van der Waals surface area contributed by atoms with Gasteiger partial charge in [0.15, 0.2) is 8.32 Å². The lowest BCUT2D eigenvalue weighted by Gasteiger charge is -2.42. The number of hydrogen-bond acceptors (Lipinski definition) is 6. The summed E-state index contributed by atoms with van der Waals surface area (Å²) in [6, 6.07) is 6.68. The fraction of sp³-hybridized carbons (Fsp3) is 0.690. The molecule has 2 heterocycles. The molecule has 0 spiro atoms. The fourth-order valence-corrected chi connectivity index (χ4v) is 5.74. The first-order chi connectivity index (χ1) is 17.7. The SMILES string of the molecule is CC(C)(C)OC(=O)NN(C(=O)OC(C)(C)C)[C@H]1C[C@@H]2c3ccccc3C[C@@H](CO[Si](C)(C)C(C)(C)C)N2C1=O. The van der Waals surface area contributed by atoms with Gasteiger partial charge in [0.05, 0.1) is 18.7 Å². The molecular weight excluding hydrogens is 514 g/mol. The molecular formula is C29H47N3O6Si. The Bertz CT molecular complexity index is 1090. The van der Waals surface area contributed by atoms with Gasteiger partial charge in [-0.3, -0.25) is 4.79 Å². The molecule has 0 saturated carbocycles. The van der Waals surface area contributed by atoms with E-state index in [1.54, 1.807) is 41.5 Å². The lowest BCUT2D eigenvalue weighted by Crippen LogP contribution is -2.57. The highest BCUT2D eigenvalue weighted by Crippen LogP contribution is 2.44. The predicted molar refractivity (Wildman–Crippen MR) is 153 cm³/mol. The van der Waals surface area contributed by atoms with Crippen LogP contribution in [0.2, 0.25) is 18.1 Å². The minimum absolute atomic E-state index is 0.0291. The molecule has 2 aliphatic heterocycles. The third kappa shape index (κ3) is 7.33. The molecule has 0 radical (unpaired) electrons. The standard InChI is InChI=1S/C29H47N3O6Si/c1-27(2,3)37-25(34)30-32(26(35)38-28(4,5)6)23-17-22-21-15-13-12-14-19(21)16-20(31(22)24(23)33)18-36-39(10,11)29(7,8)9/h12-15,20,22-23H,16-18H2,1-11H3,(H,30,34)/t20-,22+,23-/m0/s1. The van der Waals surface area contributed by atoms with Gasteiger partial charge in [-0.1, -0.05) is 45.0 Å². The maximum absolute atomic E-state index is 14.1. The van der Waals surface area contributed by atoms with Crippen molar-refractivity contribution >= 4 is 26.4 Å². The second kappa shape index (κ2) is 10.8. The Balaban J connectivity index is 1.96. The Morgan fingerprint density at radius 1 is 1.00 bits per heavy atom.